The molecule has 1 heterocycles. The number of ether oxygens (including phenoxy) is 1. The summed E-state index contributed by atoms with van der Waals surface area (Å²) in [7, 11) is 0. The molecule has 28 heavy (non-hydrogen) atoms. The number of hydrogen-bond donors (Lipinski definition) is 1. The largest absolute Gasteiger partial charge is 0.374 e. The Labute approximate surface area is 171 Å². The van der Waals surface area contributed by atoms with E-state index in [1.54, 1.807) is 11.3 Å². The van der Waals surface area contributed by atoms with Crippen molar-refractivity contribution in [2.45, 2.75) is 58.8 Å². The van der Waals surface area contributed by atoms with Crippen LogP contribution in [0.25, 0.3) is 0 Å². The van der Waals surface area contributed by atoms with E-state index in [2.05, 4.69) is 26.1 Å². The summed E-state index contributed by atoms with van der Waals surface area (Å²) in [6, 6.07) is 7.70. The van der Waals surface area contributed by atoms with E-state index in [9.17, 15) is 9.59 Å². The number of carbonyl (C=O) groups excluding carboxylic acids is 2. The summed E-state index contributed by atoms with van der Waals surface area (Å²) in [5.74, 6) is -0.218. The topological polar surface area (TPSA) is 55.4 Å². The van der Waals surface area contributed by atoms with Crippen LogP contribution in [-0.4, -0.2) is 24.9 Å². The Hall–Kier alpha value is -1.98. The molecular formula is C23H29NO3S. The van der Waals surface area contributed by atoms with Crippen molar-refractivity contribution in [2.75, 3.05) is 18.5 Å². The van der Waals surface area contributed by atoms with Crippen molar-refractivity contribution < 1.29 is 14.3 Å². The minimum Gasteiger partial charge on any atom is -0.374 e. The smallest absolute Gasteiger partial charge is 0.256 e. The van der Waals surface area contributed by atoms with Crippen molar-refractivity contribution in [1.29, 1.82) is 0 Å². The highest BCUT2D eigenvalue weighted by atomic mass is 32.1. The van der Waals surface area contributed by atoms with E-state index in [1.165, 1.54) is 10.4 Å². The molecule has 1 aliphatic rings. The first-order valence-corrected chi connectivity index (χ1v) is 10.8. The number of anilines is 1. The summed E-state index contributed by atoms with van der Waals surface area (Å²) in [6.45, 7) is 8.88. The lowest BCUT2D eigenvalue weighted by Gasteiger charge is -2.19. The van der Waals surface area contributed by atoms with Crippen LogP contribution in [-0.2, 0) is 23.0 Å². The Balaban J connectivity index is 1.86. The lowest BCUT2D eigenvalue weighted by Crippen LogP contribution is -2.17. The number of Topliss-reactive ketones (excluding diaryl/α,β-unsaturated/α-hetero) is 1. The monoisotopic (exact) mass is 399 g/mol. The first-order valence-electron chi connectivity index (χ1n) is 9.98. The van der Waals surface area contributed by atoms with Crippen LogP contribution in [0.1, 0.15) is 77.3 Å². The van der Waals surface area contributed by atoms with Gasteiger partial charge in [-0.1, -0.05) is 32.9 Å². The standard InChI is InChI=1S/C23H29NO3S/c1-5-27-14-18(25)20-17-8-6-7-9-19(17)28-22(20)24-21(26)15-10-12-16(13-11-15)23(2,3)4/h10-13H,5-9,14H2,1-4H3,(H,24,26). The molecule has 1 aromatic heterocycles. The average molecular weight is 400 g/mol. The second-order valence-corrected chi connectivity index (χ2v) is 9.36. The van der Waals surface area contributed by atoms with Gasteiger partial charge in [0.15, 0.2) is 5.78 Å². The number of nitrogens with one attached hydrogen (secondary N) is 1. The van der Waals surface area contributed by atoms with Gasteiger partial charge in [-0.25, -0.2) is 0 Å². The third kappa shape index (κ3) is 4.53. The maximum absolute atomic E-state index is 12.8. The van der Waals surface area contributed by atoms with Crippen LogP contribution in [0, 0.1) is 0 Å². The highest BCUT2D eigenvalue weighted by Gasteiger charge is 2.26. The molecule has 0 atom stereocenters. The van der Waals surface area contributed by atoms with E-state index in [4.69, 9.17) is 4.74 Å². The molecule has 0 spiro atoms. The van der Waals surface area contributed by atoms with Crippen LogP contribution in [0.5, 0.6) is 0 Å². The van der Waals surface area contributed by atoms with Gasteiger partial charge in [0.1, 0.15) is 11.6 Å². The van der Waals surface area contributed by atoms with Gasteiger partial charge in [-0.3, -0.25) is 9.59 Å². The summed E-state index contributed by atoms with van der Waals surface area (Å²) in [4.78, 5) is 26.8. The van der Waals surface area contributed by atoms with Crippen LogP contribution < -0.4 is 5.32 Å². The minimum atomic E-state index is -0.176. The van der Waals surface area contributed by atoms with Crippen molar-refractivity contribution in [2.24, 2.45) is 0 Å². The van der Waals surface area contributed by atoms with Crippen molar-refractivity contribution >= 4 is 28.0 Å². The van der Waals surface area contributed by atoms with Gasteiger partial charge in [0, 0.05) is 17.0 Å². The summed E-state index contributed by atoms with van der Waals surface area (Å²) >= 11 is 1.55. The van der Waals surface area contributed by atoms with Gasteiger partial charge in [-0.2, -0.15) is 0 Å². The molecular weight excluding hydrogens is 370 g/mol. The number of aryl methyl sites for hydroxylation is 1. The fourth-order valence-electron chi connectivity index (χ4n) is 3.51. The first-order chi connectivity index (χ1) is 13.3. The van der Waals surface area contributed by atoms with E-state index >= 15 is 0 Å². The first kappa shape index (κ1) is 20.7. The Morgan fingerprint density at radius 2 is 1.79 bits per heavy atom. The molecule has 0 bridgehead atoms. The number of amides is 1. The molecule has 0 saturated carbocycles. The molecule has 0 unspecified atom stereocenters. The fraction of sp³-hybridized carbons (Fsp3) is 0.478. The highest BCUT2D eigenvalue weighted by molar-refractivity contribution is 7.17. The zero-order valence-electron chi connectivity index (χ0n) is 17.2. The van der Waals surface area contributed by atoms with Gasteiger partial charge in [-0.15, -0.1) is 11.3 Å². The number of fused-ring (bicyclic) bond motifs is 1. The van der Waals surface area contributed by atoms with Gasteiger partial charge >= 0.3 is 0 Å². The summed E-state index contributed by atoms with van der Waals surface area (Å²) in [5, 5.41) is 3.67. The maximum Gasteiger partial charge on any atom is 0.256 e. The molecule has 0 fully saturated rings. The molecule has 3 rings (SSSR count). The number of thiophene rings is 1. The number of benzene rings is 1. The van der Waals surface area contributed by atoms with Crippen molar-refractivity contribution in [1.82, 2.24) is 0 Å². The van der Waals surface area contributed by atoms with Crippen molar-refractivity contribution in [3.63, 3.8) is 0 Å². The van der Waals surface area contributed by atoms with Crippen LogP contribution >= 0.6 is 11.3 Å². The molecule has 1 N–H and O–H groups in total. The quantitative estimate of drug-likeness (QED) is 0.662. The van der Waals surface area contributed by atoms with Gasteiger partial charge < -0.3 is 10.1 Å². The van der Waals surface area contributed by atoms with Crippen molar-refractivity contribution in [3.05, 3.63) is 51.4 Å². The third-order valence-corrected chi connectivity index (χ3v) is 6.33. The summed E-state index contributed by atoms with van der Waals surface area (Å²) < 4.78 is 5.34. The summed E-state index contributed by atoms with van der Waals surface area (Å²) in [6.07, 6.45) is 4.09. The zero-order valence-corrected chi connectivity index (χ0v) is 18.0. The maximum atomic E-state index is 12.8. The van der Waals surface area contributed by atoms with Gasteiger partial charge in [0.2, 0.25) is 0 Å². The second kappa shape index (κ2) is 8.58. The van der Waals surface area contributed by atoms with Gasteiger partial charge in [0.05, 0.1) is 5.56 Å². The Morgan fingerprint density at radius 1 is 1.11 bits per heavy atom. The molecule has 4 nitrogen and oxygen atoms in total. The van der Waals surface area contributed by atoms with E-state index in [0.717, 1.165) is 31.2 Å². The Bertz CT molecular complexity index is 859. The van der Waals surface area contributed by atoms with Crippen LogP contribution in [0.3, 0.4) is 0 Å². The number of rotatable bonds is 6. The molecule has 0 radical (unpaired) electrons. The summed E-state index contributed by atoms with van der Waals surface area (Å²) in [5.41, 5.74) is 3.60. The van der Waals surface area contributed by atoms with Gasteiger partial charge in [-0.05, 0) is 61.3 Å². The molecule has 0 saturated heterocycles. The molecule has 5 heteroatoms. The van der Waals surface area contributed by atoms with E-state index in [0.29, 0.717) is 22.7 Å². The molecule has 0 aliphatic heterocycles. The number of carbonyl (C=O) groups is 2. The van der Waals surface area contributed by atoms with Crippen molar-refractivity contribution in [3.8, 4) is 0 Å². The van der Waals surface area contributed by atoms with Gasteiger partial charge in [0.25, 0.3) is 5.91 Å². The van der Waals surface area contributed by atoms with Crippen LogP contribution in [0.2, 0.25) is 0 Å². The minimum absolute atomic E-state index is 0.0420. The SMILES string of the molecule is CCOCC(=O)c1c(NC(=O)c2ccc(C(C)(C)C)cc2)sc2c1CCCC2. The molecule has 1 aromatic carbocycles. The number of hydrogen-bond acceptors (Lipinski definition) is 4. The normalized spacial score (nSPS) is 13.9. The average Bonchev–Trinajstić information content (AvgIpc) is 3.03. The third-order valence-electron chi connectivity index (χ3n) is 5.13. The van der Waals surface area contributed by atoms with Crippen LogP contribution in [0.15, 0.2) is 24.3 Å². The van der Waals surface area contributed by atoms with E-state index in [-0.39, 0.29) is 23.7 Å². The lowest BCUT2D eigenvalue weighted by atomic mass is 9.87. The number of ketones is 1. The van der Waals surface area contributed by atoms with E-state index < -0.39 is 0 Å². The second-order valence-electron chi connectivity index (χ2n) is 8.26. The molecule has 1 amide bonds. The Kier molecular flexibility index (Phi) is 6.36. The fourth-order valence-corrected chi connectivity index (χ4v) is 4.82. The molecule has 150 valence electrons. The predicted molar refractivity (Wildman–Crippen MR) is 115 cm³/mol. The highest BCUT2D eigenvalue weighted by Crippen LogP contribution is 2.38. The van der Waals surface area contributed by atoms with E-state index in [1.807, 2.05) is 31.2 Å². The lowest BCUT2D eigenvalue weighted by molar-refractivity contribution is 0.0783. The Morgan fingerprint density at radius 3 is 2.43 bits per heavy atom. The van der Waals surface area contributed by atoms with Crippen LogP contribution in [0.4, 0.5) is 5.00 Å². The molecule has 1 aliphatic carbocycles. The zero-order chi connectivity index (χ0) is 20.3. The molecule has 2 aromatic rings. The predicted octanol–water partition coefficient (Wildman–Crippen LogP) is 5.40.